The molecule has 2 bridgehead atoms. The molecule has 5 rings (SSSR count). The summed E-state index contributed by atoms with van der Waals surface area (Å²) in [7, 11) is 1.66. The second kappa shape index (κ2) is 7.40. The Balaban J connectivity index is 1.44. The molecule has 1 aromatic heterocycles. The van der Waals surface area contributed by atoms with Crippen molar-refractivity contribution in [2.75, 3.05) is 7.11 Å². The van der Waals surface area contributed by atoms with Gasteiger partial charge in [-0.2, -0.15) is 0 Å². The van der Waals surface area contributed by atoms with Gasteiger partial charge < -0.3 is 4.74 Å². The van der Waals surface area contributed by atoms with Crippen LogP contribution in [-0.4, -0.2) is 29.1 Å². The fourth-order valence-electron chi connectivity index (χ4n) is 4.79. The SMILES string of the molecule is COc1ccc2cc(C3=CC4CCCC(C3)N4Cc3ccccc3)ccc2n1. The Morgan fingerprint density at radius 3 is 2.75 bits per heavy atom. The van der Waals surface area contributed by atoms with Gasteiger partial charge in [0.15, 0.2) is 0 Å². The molecule has 28 heavy (non-hydrogen) atoms. The van der Waals surface area contributed by atoms with E-state index in [0.717, 1.165) is 18.5 Å². The minimum atomic E-state index is 0.549. The third-order valence-electron chi connectivity index (χ3n) is 6.23. The van der Waals surface area contributed by atoms with E-state index in [1.54, 1.807) is 7.11 Å². The largest absolute Gasteiger partial charge is 0.481 e. The summed E-state index contributed by atoms with van der Waals surface area (Å²) in [5, 5.41) is 1.18. The predicted octanol–water partition coefficient (Wildman–Crippen LogP) is 5.45. The van der Waals surface area contributed by atoms with E-state index in [4.69, 9.17) is 4.74 Å². The summed E-state index contributed by atoms with van der Waals surface area (Å²) in [5.41, 5.74) is 5.25. The number of hydrogen-bond acceptors (Lipinski definition) is 3. The van der Waals surface area contributed by atoms with Crippen molar-refractivity contribution in [3.8, 4) is 5.88 Å². The normalized spacial score (nSPS) is 22.1. The molecule has 3 heterocycles. The third kappa shape index (κ3) is 3.31. The van der Waals surface area contributed by atoms with Crippen LogP contribution in [0.5, 0.6) is 5.88 Å². The van der Waals surface area contributed by atoms with Crippen LogP contribution in [0, 0.1) is 0 Å². The molecule has 0 amide bonds. The van der Waals surface area contributed by atoms with Crippen LogP contribution in [0.3, 0.4) is 0 Å². The monoisotopic (exact) mass is 370 g/mol. The van der Waals surface area contributed by atoms with Gasteiger partial charge in [-0.05, 0) is 54.2 Å². The van der Waals surface area contributed by atoms with E-state index < -0.39 is 0 Å². The lowest BCUT2D eigenvalue weighted by Crippen LogP contribution is -2.47. The number of ether oxygens (including phenoxy) is 1. The van der Waals surface area contributed by atoms with E-state index in [0.29, 0.717) is 18.0 Å². The van der Waals surface area contributed by atoms with Gasteiger partial charge in [0.1, 0.15) is 0 Å². The Bertz CT molecular complexity index is 1010. The first kappa shape index (κ1) is 17.4. The first-order chi connectivity index (χ1) is 13.8. The van der Waals surface area contributed by atoms with Gasteiger partial charge >= 0.3 is 0 Å². The van der Waals surface area contributed by atoms with Gasteiger partial charge in [-0.1, -0.05) is 48.9 Å². The van der Waals surface area contributed by atoms with Crippen molar-refractivity contribution in [2.45, 2.75) is 44.3 Å². The first-order valence-corrected chi connectivity index (χ1v) is 10.3. The number of methoxy groups -OCH3 is 1. The zero-order valence-corrected chi connectivity index (χ0v) is 16.3. The molecule has 142 valence electrons. The summed E-state index contributed by atoms with van der Waals surface area (Å²) in [6.07, 6.45) is 7.56. The molecule has 2 atom stereocenters. The summed E-state index contributed by atoms with van der Waals surface area (Å²) in [5.74, 6) is 0.670. The van der Waals surface area contributed by atoms with Gasteiger partial charge in [0.2, 0.25) is 5.88 Å². The van der Waals surface area contributed by atoms with Gasteiger partial charge in [-0.25, -0.2) is 4.98 Å². The van der Waals surface area contributed by atoms with Gasteiger partial charge in [0.25, 0.3) is 0 Å². The fraction of sp³-hybridized carbons (Fsp3) is 0.320. The lowest BCUT2D eigenvalue weighted by molar-refractivity contribution is 0.0951. The van der Waals surface area contributed by atoms with Gasteiger partial charge in [-0.3, -0.25) is 4.90 Å². The van der Waals surface area contributed by atoms with E-state index >= 15 is 0 Å². The highest BCUT2D eigenvalue weighted by Gasteiger charge is 2.34. The standard InChI is InChI=1S/C25H26N2O/c1-28-25-13-11-20-14-19(10-12-24(20)26-25)21-15-22-8-5-9-23(16-21)27(22)17-18-6-3-2-4-7-18/h2-4,6-7,10-15,22-23H,5,8-9,16-17H2,1H3. The molecule has 0 spiro atoms. The number of aromatic nitrogens is 1. The fourth-order valence-corrected chi connectivity index (χ4v) is 4.79. The van der Waals surface area contributed by atoms with Crippen LogP contribution in [0.25, 0.3) is 16.5 Å². The summed E-state index contributed by atoms with van der Waals surface area (Å²) in [4.78, 5) is 7.26. The third-order valence-corrected chi connectivity index (χ3v) is 6.23. The summed E-state index contributed by atoms with van der Waals surface area (Å²) >= 11 is 0. The molecule has 1 saturated heterocycles. The Kier molecular flexibility index (Phi) is 4.61. The molecule has 2 aromatic carbocycles. The predicted molar refractivity (Wildman–Crippen MR) is 114 cm³/mol. The number of nitrogens with zero attached hydrogens (tertiary/aromatic N) is 2. The lowest BCUT2D eigenvalue weighted by atomic mass is 9.82. The van der Waals surface area contributed by atoms with Gasteiger partial charge in [0, 0.05) is 30.1 Å². The molecule has 3 aromatic rings. The number of hydrogen-bond donors (Lipinski definition) is 0. The smallest absolute Gasteiger partial charge is 0.213 e. The molecule has 0 saturated carbocycles. The van der Waals surface area contributed by atoms with Crippen molar-refractivity contribution in [3.63, 3.8) is 0 Å². The van der Waals surface area contributed by atoms with Crippen molar-refractivity contribution >= 4 is 16.5 Å². The molecule has 1 fully saturated rings. The van der Waals surface area contributed by atoms with Crippen molar-refractivity contribution in [2.24, 2.45) is 0 Å². The van der Waals surface area contributed by atoms with Crippen LogP contribution in [-0.2, 0) is 6.54 Å². The molecule has 0 N–H and O–H groups in total. The summed E-state index contributed by atoms with van der Waals surface area (Å²) < 4.78 is 5.25. The van der Waals surface area contributed by atoms with Crippen LogP contribution in [0.15, 0.2) is 66.7 Å². The maximum Gasteiger partial charge on any atom is 0.213 e. The minimum absolute atomic E-state index is 0.549. The van der Waals surface area contributed by atoms with Crippen LogP contribution >= 0.6 is 0 Å². The van der Waals surface area contributed by atoms with Crippen LogP contribution in [0.1, 0.15) is 36.8 Å². The number of fused-ring (bicyclic) bond motifs is 3. The average Bonchev–Trinajstić information content (AvgIpc) is 2.73. The highest BCUT2D eigenvalue weighted by Crippen LogP contribution is 2.38. The zero-order valence-electron chi connectivity index (χ0n) is 16.3. The molecular formula is C25H26N2O. The molecule has 2 aliphatic heterocycles. The van der Waals surface area contributed by atoms with Gasteiger partial charge in [0.05, 0.1) is 12.6 Å². The number of piperidine rings is 1. The highest BCUT2D eigenvalue weighted by molar-refractivity contribution is 5.84. The molecule has 3 nitrogen and oxygen atoms in total. The van der Waals surface area contributed by atoms with Crippen molar-refractivity contribution in [3.05, 3.63) is 77.9 Å². The highest BCUT2D eigenvalue weighted by atomic mass is 16.5. The number of benzene rings is 2. The quantitative estimate of drug-likeness (QED) is 0.610. The Hall–Kier alpha value is -2.65. The van der Waals surface area contributed by atoms with Gasteiger partial charge in [-0.15, -0.1) is 0 Å². The first-order valence-electron chi connectivity index (χ1n) is 10.3. The molecule has 2 aliphatic rings. The second-order valence-electron chi connectivity index (χ2n) is 7.97. The van der Waals surface area contributed by atoms with Crippen molar-refractivity contribution in [1.82, 2.24) is 9.88 Å². The van der Waals surface area contributed by atoms with Crippen LogP contribution < -0.4 is 4.74 Å². The molecular weight excluding hydrogens is 344 g/mol. The van der Waals surface area contributed by atoms with Crippen LogP contribution in [0.4, 0.5) is 0 Å². The number of rotatable bonds is 4. The maximum absolute atomic E-state index is 5.25. The van der Waals surface area contributed by atoms with Crippen LogP contribution in [0.2, 0.25) is 0 Å². The Morgan fingerprint density at radius 1 is 1.04 bits per heavy atom. The summed E-state index contributed by atoms with van der Waals surface area (Å²) in [6.45, 7) is 1.06. The maximum atomic E-state index is 5.25. The molecule has 3 heteroatoms. The average molecular weight is 370 g/mol. The zero-order chi connectivity index (χ0) is 18.9. The van der Waals surface area contributed by atoms with E-state index in [-0.39, 0.29) is 0 Å². The summed E-state index contributed by atoms with van der Waals surface area (Å²) in [6, 6.07) is 22.8. The second-order valence-corrected chi connectivity index (χ2v) is 7.97. The van der Waals surface area contributed by atoms with Crippen molar-refractivity contribution in [1.29, 1.82) is 0 Å². The molecule has 0 aliphatic carbocycles. The Labute approximate surface area is 166 Å². The molecule has 0 radical (unpaired) electrons. The number of pyridine rings is 1. The van der Waals surface area contributed by atoms with E-state index in [1.165, 1.54) is 41.3 Å². The van der Waals surface area contributed by atoms with E-state index in [1.807, 2.05) is 6.07 Å². The minimum Gasteiger partial charge on any atom is -0.481 e. The Morgan fingerprint density at radius 2 is 1.93 bits per heavy atom. The molecule has 2 unspecified atom stereocenters. The topological polar surface area (TPSA) is 25.4 Å². The van der Waals surface area contributed by atoms with E-state index in [2.05, 4.69) is 70.6 Å². The van der Waals surface area contributed by atoms with Crippen molar-refractivity contribution < 1.29 is 4.74 Å². The van der Waals surface area contributed by atoms with E-state index in [9.17, 15) is 0 Å². The lowest BCUT2D eigenvalue weighted by Gasteiger charge is -2.45.